The smallest absolute Gasteiger partial charge is 0.191 e. The third kappa shape index (κ3) is 4.59. The van der Waals surface area contributed by atoms with Crippen molar-refractivity contribution in [3.8, 4) is 0 Å². The van der Waals surface area contributed by atoms with E-state index in [1.54, 1.807) is 7.05 Å². The molecule has 1 heterocycles. The molecule has 1 aliphatic heterocycles. The summed E-state index contributed by atoms with van der Waals surface area (Å²) in [6.45, 7) is 0.706. The number of guanidine groups is 1. The van der Waals surface area contributed by atoms with E-state index in [0.717, 1.165) is 18.4 Å². The van der Waals surface area contributed by atoms with Gasteiger partial charge in [-0.05, 0) is 37.0 Å². The molecule has 2 N–H and O–H groups in total. The number of rotatable bonds is 4. The Morgan fingerprint density at radius 3 is 2.50 bits per heavy atom. The molecule has 1 atom stereocenters. The van der Waals surface area contributed by atoms with Crippen molar-refractivity contribution in [2.24, 2.45) is 4.99 Å². The van der Waals surface area contributed by atoms with Gasteiger partial charge in [-0.1, -0.05) is 12.1 Å². The zero-order valence-corrected chi connectivity index (χ0v) is 16.7. The molecule has 24 heavy (non-hydrogen) atoms. The molecule has 0 aromatic heterocycles. The topological polar surface area (TPSA) is 70.6 Å². The van der Waals surface area contributed by atoms with E-state index in [2.05, 4.69) is 15.6 Å². The average Bonchev–Trinajstić information content (AvgIpc) is 3.23. The highest BCUT2D eigenvalue weighted by Crippen LogP contribution is 2.47. The van der Waals surface area contributed by atoms with Gasteiger partial charge in [0, 0.05) is 25.0 Å². The summed E-state index contributed by atoms with van der Waals surface area (Å²) >= 11 is 0. The van der Waals surface area contributed by atoms with Crippen LogP contribution in [0.25, 0.3) is 0 Å². The van der Waals surface area contributed by atoms with Crippen LogP contribution in [0, 0.1) is 5.82 Å². The minimum Gasteiger partial charge on any atom is -0.356 e. The largest absolute Gasteiger partial charge is 0.356 e. The summed E-state index contributed by atoms with van der Waals surface area (Å²) in [6, 6.07) is 6.58. The molecule has 1 unspecified atom stereocenters. The molecule has 0 amide bonds. The lowest BCUT2D eigenvalue weighted by atomic mass is 9.96. The summed E-state index contributed by atoms with van der Waals surface area (Å²) < 4.78 is 36.1. The van der Waals surface area contributed by atoms with Gasteiger partial charge in [-0.25, -0.2) is 12.8 Å². The van der Waals surface area contributed by atoms with Crippen LogP contribution >= 0.6 is 24.0 Å². The number of halogens is 2. The molecule has 0 spiro atoms. The van der Waals surface area contributed by atoms with E-state index >= 15 is 0 Å². The second-order valence-electron chi connectivity index (χ2n) is 6.46. The summed E-state index contributed by atoms with van der Waals surface area (Å²) in [5, 5.41) is 6.47. The second kappa shape index (κ2) is 7.55. The fourth-order valence-electron chi connectivity index (χ4n) is 3.07. The maximum absolute atomic E-state index is 13.1. The lowest BCUT2D eigenvalue weighted by Gasteiger charge is -2.21. The molecule has 1 saturated carbocycles. The number of benzene rings is 1. The van der Waals surface area contributed by atoms with Crippen LogP contribution in [-0.4, -0.2) is 45.5 Å². The molecule has 2 fully saturated rings. The highest BCUT2D eigenvalue weighted by molar-refractivity contribution is 14.0. The number of sulfone groups is 1. The molecule has 1 aromatic rings. The monoisotopic (exact) mass is 467 g/mol. The van der Waals surface area contributed by atoms with Gasteiger partial charge in [-0.15, -0.1) is 24.0 Å². The molecule has 5 nitrogen and oxygen atoms in total. The van der Waals surface area contributed by atoms with Gasteiger partial charge < -0.3 is 10.6 Å². The SMILES string of the molecule is CN=C(NCC1(c2ccc(F)cc2)CC1)NC1CCS(=O)(=O)C1.I. The summed E-state index contributed by atoms with van der Waals surface area (Å²) in [5.41, 5.74) is 1.16. The molecule has 3 rings (SSSR count). The maximum Gasteiger partial charge on any atom is 0.191 e. The van der Waals surface area contributed by atoms with Crippen molar-refractivity contribution < 1.29 is 12.8 Å². The van der Waals surface area contributed by atoms with Crippen LogP contribution in [-0.2, 0) is 15.3 Å². The Labute approximate surface area is 159 Å². The maximum atomic E-state index is 13.1. The first-order valence-corrected chi connectivity index (χ1v) is 9.68. The van der Waals surface area contributed by atoms with Crippen LogP contribution < -0.4 is 10.6 Å². The van der Waals surface area contributed by atoms with Gasteiger partial charge in [0.05, 0.1) is 11.5 Å². The Morgan fingerprint density at radius 2 is 2.00 bits per heavy atom. The normalized spacial score (nSPS) is 24.1. The summed E-state index contributed by atoms with van der Waals surface area (Å²) in [7, 11) is -1.23. The van der Waals surface area contributed by atoms with Crippen LogP contribution in [0.2, 0.25) is 0 Å². The van der Waals surface area contributed by atoms with Crippen molar-refractivity contribution in [2.75, 3.05) is 25.1 Å². The van der Waals surface area contributed by atoms with Crippen molar-refractivity contribution in [1.82, 2.24) is 10.6 Å². The van der Waals surface area contributed by atoms with Crippen LogP contribution in [0.1, 0.15) is 24.8 Å². The van der Waals surface area contributed by atoms with Gasteiger partial charge in [0.15, 0.2) is 15.8 Å². The highest BCUT2D eigenvalue weighted by Gasteiger charge is 2.44. The minimum absolute atomic E-state index is 0. The number of hydrogen-bond acceptors (Lipinski definition) is 3. The van der Waals surface area contributed by atoms with Crippen molar-refractivity contribution in [1.29, 1.82) is 0 Å². The third-order valence-electron chi connectivity index (χ3n) is 4.70. The fraction of sp³-hybridized carbons (Fsp3) is 0.562. The molecule has 8 heteroatoms. The van der Waals surface area contributed by atoms with E-state index in [1.807, 2.05) is 12.1 Å². The first-order chi connectivity index (χ1) is 10.9. The fourth-order valence-corrected chi connectivity index (χ4v) is 4.74. The molecular weight excluding hydrogens is 444 g/mol. The Morgan fingerprint density at radius 1 is 1.33 bits per heavy atom. The summed E-state index contributed by atoms with van der Waals surface area (Å²) in [6.07, 6.45) is 2.73. The van der Waals surface area contributed by atoms with E-state index in [9.17, 15) is 12.8 Å². The predicted octanol–water partition coefficient (Wildman–Crippen LogP) is 1.83. The van der Waals surface area contributed by atoms with Crippen molar-refractivity contribution >= 4 is 39.8 Å². The van der Waals surface area contributed by atoms with Crippen LogP contribution in [0.5, 0.6) is 0 Å². The van der Waals surface area contributed by atoms with Gasteiger partial charge in [-0.3, -0.25) is 4.99 Å². The molecular formula is C16H23FIN3O2S. The van der Waals surface area contributed by atoms with Gasteiger partial charge in [0.25, 0.3) is 0 Å². The predicted molar refractivity (Wildman–Crippen MR) is 104 cm³/mol. The number of nitrogens with one attached hydrogen (secondary N) is 2. The van der Waals surface area contributed by atoms with Crippen LogP contribution in [0.3, 0.4) is 0 Å². The third-order valence-corrected chi connectivity index (χ3v) is 6.47. The van der Waals surface area contributed by atoms with E-state index in [1.165, 1.54) is 12.1 Å². The van der Waals surface area contributed by atoms with Gasteiger partial charge in [0.2, 0.25) is 0 Å². The van der Waals surface area contributed by atoms with Gasteiger partial charge in [-0.2, -0.15) is 0 Å². The average molecular weight is 467 g/mol. The Kier molecular flexibility index (Phi) is 6.11. The van der Waals surface area contributed by atoms with Gasteiger partial charge >= 0.3 is 0 Å². The minimum atomic E-state index is -2.91. The van der Waals surface area contributed by atoms with E-state index in [-0.39, 0.29) is 52.8 Å². The molecule has 134 valence electrons. The number of aliphatic imine (C=N–C) groups is 1. The Hall–Kier alpha value is -0.900. The van der Waals surface area contributed by atoms with Crippen LogP contribution in [0.15, 0.2) is 29.3 Å². The molecule has 0 bridgehead atoms. The van der Waals surface area contributed by atoms with Crippen molar-refractivity contribution in [2.45, 2.75) is 30.7 Å². The van der Waals surface area contributed by atoms with E-state index in [4.69, 9.17) is 0 Å². The lowest BCUT2D eigenvalue weighted by molar-refractivity contribution is 0.596. The Balaban J connectivity index is 0.00000208. The van der Waals surface area contributed by atoms with E-state index < -0.39 is 9.84 Å². The standard InChI is InChI=1S/C16H22FN3O2S.HI/c1-18-15(20-14-6-9-23(21,22)10-14)19-11-16(7-8-16)12-2-4-13(17)5-3-12;/h2-5,14H,6-11H2,1H3,(H2,18,19,20);1H. The molecule has 0 radical (unpaired) electrons. The molecule has 1 aliphatic carbocycles. The number of nitrogens with zero attached hydrogens (tertiary/aromatic N) is 1. The molecule has 1 saturated heterocycles. The Bertz CT molecular complexity index is 703. The first kappa shape index (κ1) is 19.4. The summed E-state index contributed by atoms with van der Waals surface area (Å²) in [5.74, 6) is 0.802. The number of hydrogen-bond donors (Lipinski definition) is 2. The zero-order valence-electron chi connectivity index (χ0n) is 13.6. The zero-order chi connectivity index (χ0) is 16.5. The van der Waals surface area contributed by atoms with Crippen LogP contribution in [0.4, 0.5) is 4.39 Å². The van der Waals surface area contributed by atoms with Crippen molar-refractivity contribution in [3.05, 3.63) is 35.6 Å². The summed E-state index contributed by atoms with van der Waals surface area (Å²) in [4.78, 5) is 4.18. The highest BCUT2D eigenvalue weighted by atomic mass is 127. The molecule has 2 aliphatic rings. The first-order valence-electron chi connectivity index (χ1n) is 7.86. The van der Waals surface area contributed by atoms with Crippen molar-refractivity contribution in [3.63, 3.8) is 0 Å². The van der Waals surface area contributed by atoms with Gasteiger partial charge in [0.1, 0.15) is 5.82 Å². The quantitative estimate of drug-likeness (QED) is 0.403. The lowest BCUT2D eigenvalue weighted by Crippen LogP contribution is -2.46. The molecule has 1 aromatic carbocycles. The van der Waals surface area contributed by atoms with E-state index in [0.29, 0.717) is 18.9 Å². The second-order valence-corrected chi connectivity index (χ2v) is 8.69.